The summed E-state index contributed by atoms with van der Waals surface area (Å²) < 4.78 is 11.4. The Morgan fingerprint density at radius 2 is 2.12 bits per heavy atom. The summed E-state index contributed by atoms with van der Waals surface area (Å²) in [6, 6.07) is 0. The van der Waals surface area contributed by atoms with Gasteiger partial charge in [-0.25, -0.2) is 0 Å². The van der Waals surface area contributed by atoms with Crippen LogP contribution in [-0.4, -0.2) is 26.8 Å². The fourth-order valence-electron chi connectivity index (χ4n) is 1.18. The largest absolute Gasteiger partial charge is 0.495 e. The lowest BCUT2D eigenvalue weighted by Gasteiger charge is -2.37. The SMILES string of the molecule is CC(C)(C)[Si](C)(C)OC[C@@H]1CC(=O)C=CO1. The molecule has 0 aromatic carbocycles. The maximum absolute atomic E-state index is 11.2. The highest BCUT2D eigenvalue weighted by Crippen LogP contribution is 2.36. The van der Waals surface area contributed by atoms with Crippen LogP contribution in [-0.2, 0) is 14.0 Å². The van der Waals surface area contributed by atoms with Crippen LogP contribution in [0.4, 0.5) is 0 Å². The predicted octanol–water partition coefficient (Wildman–Crippen LogP) is 2.88. The Kier molecular flexibility index (Phi) is 3.96. The molecule has 0 saturated heterocycles. The molecule has 0 spiro atoms. The minimum absolute atomic E-state index is 0.105. The van der Waals surface area contributed by atoms with Crippen molar-refractivity contribution in [3.8, 4) is 0 Å². The van der Waals surface area contributed by atoms with Gasteiger partial charge in [0.1, 0.15) is 6.10 Å². The lowest BCUT2D eigenvalue weighted by atomic mass is 10.1. The lowest BCUT2D eigenvalue weighted by molar-refractivity contribution is -0.118. The molecule has 0 aromatic rings. The van der Waals surface area contributed by atoms with Crippen molar-refractivity contribution in [2.24, 2.45) is 0 Å². The predicted molar refractivity (Wildman–Crippen MR) is 66.8 cm³/mol. The second-order valence-electron chi connectivity index (χ2n) is 5.80. The summed E-state index contributed by atoms with van der Waals surface area (Å²) in [5.41, 5.74) is 0. The van der Waals surface area contributed by atoms with Crippen LogP contribution in [0.2, 0.25) is 18.1 Å². The first-order valence-electron chi connectivity index (χ1n) is 5.71. The number of hydrogen-bond donors (Lipinski definition) is 0. The molecule has 1 aliphatic heterocycles. The molecule has 1 atom stereocenters. The number of carbonyl (C=O) groups excluding carboxylic acids is 1. The number of hydrogen-bond acceptors (Lipinski definition) is 3. The molecule has 4 heteroatoms. The van der Waals surface area contributed by atoms with Gasteiger partial charge in [-0.1, -0.05) is 20.8 Å². The smallest absolute Gasteiger partial charge is 0.192 e. The molecule has 0 unspecified atom stereocenters. The Labute approximate surface area is 99.0 Å². The number of ether oxygens (including phenoxy) is 1. The van der Waals surface area contributed by atoms with Gasteiger partial charge in [0.2, 0.25) is 0 Å². The summed E-state index contributed by atoms with van der Waals surface area (Å²) in [7, 11) is -1.73. The van der Waals surface area contributed by atoms with Crippen LogP contribution in [0.1, 0.15) is 27.2 Å². The first-order valence-corrected chi connectivity index (χ1v) is 8.62. The Morgan fingerprint density at radius 3 is 2.62 bits per heavy atom. The second kappa shape index (κ2) is 4.71. The summed E-state index contributed by atoms with van der Waals surface area (Å²) >= 11 is 0. The average molecular weight is 242 g/mol. The zero-order valence-corrected chi connectivity index (χ0v) is 11.9. The minimum Gasteiger partial charge on any atom is -0.495 e. The van der Waals surface area contributed by atoms with Crippen molar-refractivity contribution in [2.45, 2.75) is 51.4 Å². The number of carbonyl (C=O) groups is 1. The molecule has 0 bridgehead atoms. The topological polar surface area (TPSA) is 35.5 Å². The summed E-state index contributed by atoms with van der Waals surface area (Å²) in [6.07, 6.45) is 3.28. The number of ketones is 1. The Bertz CT molecular complexity index is 289. The van der Waals surface area contributed by atoms with Crippen LogP contribution in [0.25, 0.3) is 0 Å². The van der Waals surface area contributed by atoms with E-state index >= 15 is 0 Å². The van der Waals surface area contributed by atoms with Gasteiger partial charge in [-0.05, 0) is 18.1 Å². The third-order valence-electron chi connectivity index (χ3n) is 3.39. The second-order valence-corrected chi connectivity index (χ2v) is 10.6. The van der Waals surface area contributed by atoms with Gasteiger partial charge >= 0.3 is 0 Å². The van der Waals surface area contributed by atoms with Gasteiger partial charge in [0.25, 0.3) is 0 Å². The summed E-state index contributed by atoms with van der Waals surface area (Å²) in [4.78, 5) is 11.2. The molecule has 0 fully saturated rings. The molecular weight excluding hydrogens is 220 g/mol. The molecule has 3 nitrogen and oxygen atoms in total. The minimum atomic E-state index is -1.73. The zero-order chi connectivity index (χ0) is 12.4. The summed E-state index contributed by atoms with van der Waals surface area (Å²) in [6.45, 7) is 11.5. The van der Waals surface area contributed by atoms with Crippen molar-refractivity contribution >= 4 is 14.1 Å². The van der Waals surface area contributed by atoms with E-state index in [0.717, 1.165) is 0 Å². The fraction of sp³-hybridized carbons (Fsp3) is 0.750. The molecule has 16 heavy (non-hydrogen) atoms. The zero-order valence-electron chi connectivity index (χ0n) is 10.9. The van der Waals surface area contributed by atoms with E-state index in [1.807, 2.05) is 0 Å². The van der Waals surface area contributed by atoms with Gasteiger partial charge in [0.15, 0.2) is 14.1 Å². The Hall–Kier alpha value is -0.613. The van der Waals surface area contributed by atoms with Gasteiger partial charge in [0, 0.05) is 12.5 Å². The van der Waals surface area contributed by atoms with Crippen molar-refractivity contribution in [3.63, 3.8) is 0 Å². The molecule has 0 N–H and O–H groups in total. The van der Waals surface area contributed by atoms with Crippen LogP contribution < -0.4 is 0 Å². The van der Waals surface area contributed by atoms with E-state index in [4.69, 9.17) is 9.16 Å². The Balaban J connectivity index is 2.46. The standard InChI is InChI=1S/C12H22O3Si/c1-12(2,3)16(4,5)15-9-11-8-10(13)6-7-14-11/h6-7,11H,8-9H2,1-5H3/t11-/m0/s1. The molecule has 0 aromatic heterocycles. The number of allylic oxidation sites excluding steroid dienone is 1. The van der Waals surface area contributed by atoms with E-state index in [1.54, 1.807) is 0 Å². The lowest BCUT2D eigenvalue weighted by Crippen LogP contribution is -2.43. The molecule has 0 amide bonds. The summed E-state index contributed by atoms with van der Waals surface area (Å²) in [5.74, 6) is 0.120. The molecule has 0 aliphatic carbocycles. The highest BCUT2D eigenvalue weighted by Gasteiger charge is 2.37. The number of rotatable bonds is 3. The maximum atomic E-state index is 11.2. The van der Waals surface area contributed by atoms with Crippen LogP contribution in [0.15, 0.2) is 12.3 Å². The van der Waals surface area contributed by atoms with Crippen LogP contribution in [0.3, 0.4) is 0 Å². The van der Waals surface area contributed by atoms with E-state index in [0.29, 0.717) is 13.0 Å². The third kappa shape index (κ3) is 3.45. The van der Waals surface area contributed by atoms with Crippen molar-refractivity contribution in [1.29, 1.82) is 0 Å². The van der Waals surface area contributed by atoms with Gasteiger partial charge in [0.05, 0.1) is 12.9 Å². The molecule has 1 rings (SSSR count). The first-order chi connectivity index (χ1) is 7.22. The first kappa shape index (κ1) is 13.5. The third-order valence-corrected chi connectivity index (χ3v) is 7.89. The molecule has 0 radical (unpaired) electrons. The van der Waals surface area contributed by atoms with Crippen molar-refractivity contribution < 1.29 is 14.0 Å². The highest BCUT2D eigenvalue weighted by atomic mass is 28.4. The maximum Gasteiger partial charge on any atom is 0.192 e. The van der Waals surface area contributed by atoms with E-state index in [9.17, 15) is 4.79 Å². The molecule has 1 aliphatic rings. The quantitative estimate of drug-likeness (QED) is 0.714. The highest BCUT2D eigenvalue weighted by molar-refractivity contribution is 6.74. The van der Waals surface area contributed by atoms with Crippen LogP contribution in [0.5, 0.6) is 0 Å². The van der Waals surface area contributed by atoms with Gasteiger partial charge in [-0.15, -0.1) is 0 Å². The van der Waals surface area contributed by atoms with Crippen molar-refractivity contribution in [1.82, 2.24) is 0 Å². The van der Waals surface area contributed by atoms with Crippen LogP contribution in [0, 0.1) is 0 Å². The fourth-order valence-corrected chi connectivity index (χ4v) is 2.22. The van der Waals surface area contributed by atoms with Gasteiger partial charge in [-0.3, -0.25) is 4.79 Å². The normalized spacial score (nSPS) is 22.1. The monoisotopic (exact) mass is 242 g/mol. The molecule has 1 heterocycles. The van der Waals surface area contributed by atoms with E-state index in [1.165, 1.54) is 12.3 Å². The van der Waals surface area contributed by atoms with E-state index in [-0.39, 0.29) is 16.9 Å². The van der Waals surface area contributed by atoms with E-state index in [2.05, 4.69) is 33.9 Å². The van der Waals surface area contributed by atoms with E-state index < -0.39 is 8.32 Å². The van der Waals surface area contributed by atoms with Crippen molar-refractivity contribution in [2.75, 3.05) is 6.61 Å². The van der Waals surface area contributed by atoms with Crippen molar-refractivity contribution in [3.05, 3.63) is 12.3 Å². The average Bonchev–Trinajstić information content (AvgIpc) is 2.13. The molecular formula is C12H22O3Si. The van der Waals surface area contributed by atoms with Gasteiger partial charge in [-0.2, -0.15) is 0 Å². The summed E-state index contributed by atoms with van der Waals surface area (Å²) in [5, 5.41) is 0.196. The Morgan fingerprint density at radius 1 is 1.50 bits per heavy atom. The van der Waals surface area contributed by atoms with Crippen LogP contribution >= 0.6 is 0 Å². The molecule has 92 valence electrons. The molecule has 0 saturated carbocycles. The van der Waals surface area contributed by atoms with Gasteiger partial charge < -0.3 is 9.16 Å².